The summed E-state index contributed by atoms with van der Waals surface area (Å²) >= 11 is 0. The lowest BCUT2D eigenvalue weighted by Crippen LogP contribution is -2.09. The molecular formula is C14H16NO5P. The molecule has 0 aromatic heterocycles. The first-order chi connectivity index (χ1) is 9.78. The highest BCUT2D eigenvalue weighted by molar-refractivity contribution is 7.46. The van der Waals surface area contributed by atoms with Crippen molar-refractivity contribution in [1.82, 2.24) is 0 Å². The Hall–Kier alpha value is -2.01. The minimum atomic E-state index is -4.75. The van der Waals surface area contributed by atoms with Gasteiger partial charge >= 0.3 is 7.82 Å². The van der Waals surface area contributed by atoms with Gasteiger partial charge in [0.05, 0.1) is 0 Å². The van der Waals surface area contributed by atoms with Crippen molar-refractivity contribution in [2.45, 2.75) is 0 Å². The molecule has 0 amide bonds. The molecule has 2 aromatic carbocycles. The van der Waals surface area contributed by atoms with Gasteiger partial charge in [-0.1, -0.05) is 30.3 Å². The van der Waals surface area contributed by atoms with Gasteiger partial charge in [-0.3, -0.25) is 9.79 Å². The van der Waals surface area contributed by atoms with Gasteiger partial charge in [0.15, 0.2) is 11.5 Å². The van der Waals surface area contributed by atoms with Crippen LogP contribution in [0.4, 0.5) is 5.69 Å². The molecule has 0 fully saturated rings. The summed E-state index contributed by atoms with van der Waals surface area (Å²) in [5, 5.41) is 10.2. The number of phosphoric acid groups is 1. The lowest BCUT2D eigenvalue weighted by molar-refractivity contribution is 0.278. The van der Waals surface area contributed by atoms with Crippen molar-refractivity contribution in [3.63, 3.8) is 0 Å². The van der Waals surface area contributed by atoms with E-state index in [9.17, 15) is 9.67 Å². The highest BCUT2D eigenvalue weighted by atomic mass is 31.2. The van der Waals surface area contributed by atoms with Crippen molar-refractivity contribution < 1.29 is 24.0 Å². The molecular weight excluding hydrogens is 293 g/mol. The number of phosphoric ester groups is 1. The molecule has 2 rings (SSSR count). The van der Waals surface area contributed by atoms with E-state index in [0.29, 0.717) is 16.8 Å². The molecule has 7 heteroatoms. The fraction of sp³-hybridized carbons (Fsp3) is 0.143. The van der Waals surface area contributed by atoms with Gasteiger partial charge in [0, 0.05) is 31.4 Å². The molecule has 0 radical (unpaired) electrons. The zero-order valence-electron chi connectivity index (χ0n) is 11.6. The second kappa shape index (κ2) is 5.77. The summed E-state index contributed by atoms with van der Waals surface area (Å²) < 4.78 is 15.6. The van der Waals surface area contributed by atoms with E-state index in [2.05, 4.69) is 4.52 Å². The minimum Gasteiger partial charge on any atom is -0.504 e. The number of hydrogen-bond donors (Lipinski definition) is 3. The lowest BCUT2D eigenvalue weighted by Gasteiger charge is -2.18. The van der Waals surface area contributed by atoms with E-state index in [0.717, 1.165) is 0 Å². The second-order valence-corrected chi connectivity index (χ2v) is 5.85. The van der Waals surface area contributed by atoms with Gasteiger partial charge in [-0.2, -0.15) is 0 Å². The van der Waals surface area contributed by atoms with Crippen molar-refractivity contribution in [2.24, 2.45) is 0 Å². The lowest BCUT2D eigenvalue weighted by atomic mass is 10.0. The predicted molar refractivity (Wildman–Crippen MR) is 80.5 cm³/mol. The summed E-state index contributed by atoms with van der Waals surface area (Å²) in [4.78, 5) is 19.6. The third-order valence-corrected chi connectivity index (χ3v) is 3.31. The summed E-state index contributed by atoms with van der Waals surface area (Å²) in [6.45, 7) is 0. The Morgan fingerprint density at radius 2 is 1.71 bits per heavy atom. The molecule has 0 aliphatic heterocycles. The predicted octanol–water partition coefficient (Wildman–Crippen LogP) is 2.60. The number of phenolic OH excluding ortho intramolecular Hbond substituents is 1. The Morgan fingerprint density at radius 3 is 2.24 bits per heavy atom. The quantitative estimate of drug-likeness (QED) is 0.752. The third kappa shape index (κ3) is 3.76. The molecule has 0 aliphatic rings. The summed E-state index contributed by atoms with van der Waals surface area (Å²) in [7, 11) is -1.19. The first-order valence-corrected chi connectivity index (χ1v) is 7.66. The Bertz CT molecular complexity index is 681. The number of nitrogens with zero attached hydrogens (tertiary/aromatic N) is 1. The van der Waals surface area contributed by atoms with Gasteiger partial charge < -0.3 is 14.5 Å². The summed E-state index contributed by atoms with van der Waals surface area (Å²) in [6, 6.07) is 12.1. The van der Waals surface area contributed by atoms with Gasteiger partial charge in [-0.15, -0.1) is 0 Å². The van der Waals surface area contributed by atoms with E-state index >= 15 is 0 Å². The largest absolute Gasteiger partial charge is 0.524 e. The molecule has 0 saturated carbocycles. The number of phenols is 1. The molecule has 3 N–H and O–H groups in total. The van der Waals surface area contributed by atoms with Crippen molar-refractivity contribution in [1.29, 1.82) is 0 Å². The highest BCUT2D eigenvalue weighted by Crippen LogP contribution is 2.47. The molecule has 0 bridgehead atoms. The Balaban J connectivity index is 2.62. The van der Waals surface area contributed by atoms with Crippen LogP contribution in [0, 0.1) is 0 Å². The van der Waals surface area contributed by atoms with Gasteiger partial charge in [0.25, 0.3) is 0 Å². The van der Waals surface area contributed by atoms with Crippen LogP contribution in [0.15, 0.2) is 42.5 Å². The standard InChI is InChI=1S/C14H16NO5P/c1-15(2)11-8-12(10-6-4-3-5-7-10)14(16)13(9-11)20-21(17,18)19/h3-9,16H,1-2H3,(H2,17,18,19). The van der Waals surface area contributed by atoms with Crippen LogP contribution in [0.3, 0.4) is 0 Å². The zero-order chi connectivity index (χ0) is 15.6. The normalized spacial score (nSPS) is 11.2. The average Bonchev–Trinajstić information content (AvgIpc) is 2.40. The van der Waals surface area contributed by atoms with Crippen LogP contribution < -0.4 is 9.42 Å². The fourth-order valence-corrected chi connectivity index (χ4v) is 2.28. The topological polar surface area (TPSA) is 90.2 Å². The van der Waals surface area contributed by atoms with Gasteiger partial charge in [-0.05, 0) is 11.6 Å². The number of rotatable bonds is 4. The maximum Gasteiger partial charge on any atom is 0.524 e. The Kier molecular flexibility index (Phi) is 4.23. The molecule has 21 heavy (non-hydrogen) atoms. The fourth-order valence-electron chi connectivity index (χ4n) is 1.89. The number of benzene rings is 2. The van der Waals surface area contributed by atoms with Crippen LogP contribution in [0.1, 0.15) is 0 Å². The SMILES string of the molecule is CN(C)c1cc(OP(=O)(O)O)c(O)c(-c2ccccc2)c1. The molecule has 0 spiro atoms. The monoisotopic (exact) mass is 309 g/mol. The van der Waals surface area contributed by atoms with Crippen molar-refractivity contribution in [3.8, 4) is 22.6 Å². The van der Waals surface area contributed by atoms with Crippen molar-refractivity contribution >= 4 is 13.5 Å². The van der Waals surface area contributed by atoms with E-state index in [4.69, 9.17) is 9.79 Å². The third-order valence-electron chi connectivity index (χ3n) is 2.88. The van der Waals surface area contributed by atoms with Gasteiger partial charge in [-0.25, -0.2) is 4.57 Å². The number of anilines is 1. The maximum absolute atomic E-state index is 11.0. The zero-order valence-corrected chi connectivity index (χ0v) is 12.5. The minimum absolute atomic E-state index is 0.256. The van der Waals surface area contributed by atoms with E-state index in [-0.39, 0.29) is 11.5 Å². The Morgan fingerprint density at radius 1 is 1.10 bits per heavy atom. The maximum atomic E-state index is 11.0. The van der Waals surface area contributed by atoms with E-state index in [1.54, 1.807) is 49.3 Å². The molecule has 0 atom stereocenters. The summed E-state index contributed by atoms with van der Waals surface area (Å²) in [6.07, 6.45) is 0. The van der Waals surface area contributed by atoms with Crippen molar-refractivity contribution in [2.75, 3.05) is 19.0 Å². The van der Waals surface area contributed by atoms with Crippen LogP contribution in [0.2, 0.25) is 0 Å². The second-order valence-electron chi connectivity index (χ2n) is 4.68. The van der Waals surface area contributed by atoms with Crippen LogP contribution in [0.5, 0.6) is 11.5 Å². The van der Waals surface area contributed by atoms with Crippen LogP contribution in [-0.2, 0) is 4.57 Å². The first-order valence-electron chi connectivity index (χ1n) is 6.13. The molecule has 0 aliphatic carbocycles. The van der Waals surface area contributed by atoms with E-state index < -0.39 is 7.82 Å². The molecule has 6 nitrogen and oxygen atoms in total. The molecule has 2 aromatic rings. The smallest absolute Gasteiger partial charge is 0.504 e. The molecule has 0 heterocycles. The molecule has 112 valence electrons. The van der Waals surface area contributed by atoms with Gasteiger partial charge in [0.1, 0.15) is 0 Å². The van der Waals surface area contributed by atoms with Crippen LogP contribution in [-0.4, -0.2) is 29.0 Å². The van der Waals surface area contributed by atoms with Gasteiger partial charge in [0.2, 0.25) is 0 Å². The summed E-state index contributed by atoms with van der Waals surface area (Å²) in [5.41, 5.74) is 1.80. The van der Waals surface area contributed by atoms with Crippen LogP contribution >= 0.6 is 7.82 Å². The first kappa shape index (κ1) is 15.4. The van der Waals surface area contributed by atoms with E-state index in [1.807, 2.05) is 6.07 Å². The summed E-state index contributed by atoms with van der Waals surface area (Å²) in [5.74, 6) is -0.566. The van der Waals surface area contributed by atoms with Crippen molar-refractivity contribution in [3.05, 3.63) is 42.5 Å². The number of aromatic hydroxyl groups is 1. The molecule has 0 saturated heterocycles. The van der Waals surface area contributed by atoms with Crippen LogP contribution in [0.25, 0.3) is 11.1 Å². The average molecular weight is 309 g/mol. The number of hydrogen-bond acceptors (Lipinski definition) is 4. The highest BCUT2D eigenvalue weighted by Gasteiger charge is 2.22. The Labute approximate surface area is 122 Å². The molecule has 0 unspecified atom stereocenters. The van der Waals surface area contributed by atoms with E-state index in [1.165, 1.54) is 6.07 Å².